The van der Waals surface area contributed by atoms with E-state index in [1.165, 1.54) is 25.0 Å². The first-order valence-electron chi connectivity index (χ1n) is 8.47. The van der Waals surface area contributed by atoms with Crippen LogP contribution in [0.15, 0.2) is 10.9 Å². The summed E-state index contributed by atoms with van der Waals surface area (Å²) < 4.78 is 1.65. The SMILES string of the molecule is CC(C)CCN1CCc2nc3cc(C4CC4)[nH]n3c(=O)c2C1. The number of nitrogens with one attached hydrogen (secondary N) is 1. The average Bonchev–Trinajstić information content (AvgIpc) is 3.26. The minimum absolute atomic E-state index is 0.0983. The molecule has 5 nitrogen and oxygen atoms in total. The number of hydrogen-bond acceptors (Lipinski definition) is 3. The highest BCUT2D eigenvalue weighted by Gasteiger charge is 2.27. The molecule has 0 atom stereocenters. The highest BCUT2D eigenvalue weighted by atomic mass is 16.1. The van der Waals surface area contributed by atoms with Gasteiger partial charge in [-0.15, -0.1) is 0 Å². The van der Waals surface area contributed by atoms with E-state index in [0.29, 0.717) is 11.8 Å². The van der Waals surface area contributed by atoms with Crippen LogP contribution in [0.25, 0.3) is 5.65 Å². The average molecular weight is 300 g/mol. The van der Waals surface area contributed by atoms with Gasteiger partial charge in [-0.1, -0.05) is 13.8 Å². The molecular formula is C17H24N4O. The lowest BCUT2D eigenvalue weighted by molar-refractivity contribution is 0.236. The first-order chi connectivity index (χ1) is 10.6. The number of fused-ring (bicyclic) bond motifs is 2. The maximum atomic E-state index is 12.8. The largest absolute Gasteiger partial charge is 0.298 e. The molecule has 1 fully saturated rings. The van der Waals surface area contributed by atoms with Crippen molar-refractivity contribution < 1.29 is 0 Å². The molecule has 2 aromatic heterocycles. The second kappa shape index (κ2) is 5.23. The van der Waals surface area contributed by atoms with E-state index in [-0.39, 0.29) is 5.56 Å². The Hall–Kier alpha value is -1.62. The fourth-order valence-corrected chi connectivity index (χ4v) is 3.29. The zero-order valence-corrected chi connectivity index (χ0v) is 13.4. The Morgan fingerprint density at radius 2 is 2.23 bits per heavy atom. The predicted molar refractivity (Wildman–Crippen MR) is 86.2 cm³/mol. The highest BCUT2D eigenvalue weighted by molar-refractivity contribution is 5.43. The van der Waals surface area contributed by atoms with E-state index in [4.69, 9.17) is 4.98 Å². The van der Waals surface area contributed by atoms with E-state index in [1.54, 1.807) is 4.52 Å². The summed E-state index contributed by atoms with van der Waals surface area (Å²) in [6, 6.07) is 2.06. The van der Waals surface area contributed by atoms with Crippen molar-refractivity contribution in [3.63, 3.8) is 0 Å². The third kappa shape index (κ3) is 2.47. The van der Waals surface area contributed by atoms with Crippen LogP contribution >= 0.6 is 0 Å². The predicted octanol–water partition coefficient (Wildman–Crippen LogP) is 2.30. The first kappa shape index (κ1) is 14.0. The number of rotatable bonds is 4. The van der Waals surface area contributed by atoms with Crippen molar-refractivity contribution in [2.75, 3.05) is 13.1 Å². The van der Waals surface area contributed by atoms with Gasteiger partial charge in [-0.2, -0.15) is 0 Å². The Kier molecular flexibility index (Phi) is 3.33. The van der Waals surface area contributed by atoms with Crippen LogP contribution in [0, 0.1) is 5.92 Å². The zero-order chi connectivity index (χ0) is 15.3. The molecule has 0 bridgehead atoms. The maximum Gasteiger partial charge on any atom is 0.277 e. The standard InChI is InChI=1S/C17H24N4O/c1-11(2)5-7-20-8-6-14-13(10-20)17(22)21-16(18-14)9-15(19-21)12-3-4-12/h9,11-12,19H,3-8,10H2,1-2H3. The topological polar surface area (TPSA) is 53.4 Å². The number of H-pyrrole nitrogens is 1. The summed E-state index contributed by atoms with van der Waals surface area (Å²) in [6.07, 6.45) is 4.53. The summed E-state index contributed by atoms with van der Waals surface area (Å²) in [6.45, 7) is 7.32. The number of aromatic amines is 1. The van der Waals surface area contributed by atoms with Crippen LogP contribution in [0.4, 0.5) is 0 Å². The Balaban J connectivity index is 1.66. The molecule has 5 heteroatoms. The quantitative estimate of drug-likeness (QED) is 0.942. The number of aromatic nitrogens is 3. The Morgan fingerprint density at radius 1 is 1.41 bits per heavy atom. The van der Waals surface area contributed by atoms with Gasteiger partial charge in [0.25, 0.3) is 5.56 Å². The van der Waals surface area contributed by atoms with E-state index in [2.05, 4.69) is 29.9 Å². The molecule has 0 amide bonds. The lowest BCUT2D eigenvalue weighted by Crippen LogP contribution is -2.37. The van der Waals surface area contributed by atoms with Gasteiger partial charge in [0, 0.05) is 37.2 Å². The normalized spacial score (nSPS) is 19.0. The van der Waals surface area contributed by atoms with Gasteiger partial charge in [0.15, 0.2) is 5.65 Å². The van der Waals surface area contributed by atoms with Gasteiger partial charge < -0.3 is 0 Å². The molecule has 3 heterocycles. The summed E-state index contributed by atoms with van der Waals surface area (Å²) in [5.74, 6) is 1.31. The van der Waals surface area contributed by atoms with E-state index in [1.807, 2.05) is 0 Å². The van der Waals surface area contributed by atoms with Crippen molar-refractivity contribution in [1.29, 1.82) is 0 Å². The highest BCUT2D eigenvalue weighted by Crippen LogP contribution is 2.39. The van der Waals surface area contributed by atoms with Crippen LogP contribution in [-0.4, -0.2) is 32.6 Å². The van der Waals surface area contributed by atoms with Gasteiger partial charge in [0.05, 0.1) is 11.3 Å². The zero-order valence-electron chi connectivity index (χ0n) is 13.4. The van der Waals surface area contributed by atoms with Crippen LogP contribution in [0.3, 0.4) is 0 Å². The van der Waals surface area contributed by atoms with E-state index >= 15 is 0 Å². The van der Waals surface area contributed by atoms with Crippen LogP contribution < -0.4 is 5.56 Å². The van der Waals surface area contributed by atoms with Crippen LogP contribution in [0.1, 0.15) is 56.0 Å². The van der Waals surface area contributed by atoms with Crippen LogP contribution in [0.2, 0.25) is 0 Å². The monoisotopic (exact) mass is 300 g/mol. The van der Waals surface area contributed by atoms with Gasteiger partial charge >= 0.3 is 0 Å². The molecule has 22 heavy (non-hydrogen) atoms. The molecule has 0 unspecified atom stereocenters. The molecule has 0 spiro atoms. The Morgan fingerprint density at radius 3 is 2.95 bits per heavy atom. The molecule has 1 aliphatic heterocycles. The van der Waals surface area contributed by atoms with Crippen molar-refractivity contribution in [2.45, 2.75) is 52.0 Å². The van der Waals surface area contributed by atoms with Crippen LogP contribution in [0.5, 0.6) is 0 Å². The molecule has 0 radical (unpaired) electrons. The van der Waals surface area contributed by atoms with Crippen molar-refractivity contribution in [2.24, 2.45) is 5.92 Å². The van der Waals surface area contributed by atoms with E-state index in [9.17, 15) is 4.79 Å². The van der Waals surface area contributed by atoms with Gasteiger partial charge in [0.1, 0.15) is 0 Å². The summed E-state index contributed by atoms with van der Waals surface area (Å²) in [5.41, 5.74) is 3.95. The lowest BCUT2D eigenvalue weighted by atomic mass is 10.1. The lowest BCUT2D eigenvalue weighted by Gasteiger charge is -2.28. The Labute approximate surface area is 130 Å². The first-order valence-corrected chi connectivity index (χ1v) is 8.47. The summed E-state index contributed by atoms with van der Waals surface area (Å²) >= 11 is 0. The van der Waals surface area contributed by atoms with Gasteiger partial charge in [-0.3, -0.25) is 14.8 Å². The summed E-state index contributed by atoms with van der Waals surface area (Å²) in [4.78, 5) is 19.9. The molecule has 118 valence electrons. The van der Waals surface area contributed by atoms with Gasteiger partial charge in [-0.05, 0) is 31.7 Å². The van der Waals surface area contributed by atoms with Crippen molar-refractivity contribution in [3.05, 3.63) is 33.4 Å². The van der Waals surface area contributed by atoms with Crippen molar-refractivity contribution in [1.82, 2.24) is 19.5 Å². The minimum atomic E-state index is 0.0983. The molecular weight excluding hydrogens is 276 g/mol. The smallest absolute Gasteiger partial charge is 0.277 e. The van der Waals surface area contributed by atoms with Crippen LogP contribution in [-0.2, 0) is 13.0 Å². The molecule has 1 saturated carbocycles. The van der Waals surface area contributed by atoms with Gasteiger partial charge in [-0.25, -0.2) is 9.50 Å². The summed E-state index contributed by atoms with van der Waals surface area (Å²) in [5, 5.41) is 3.26. The minimum Gasteiger partial charge on any atom is -0.298 e. The maximum absolute atomic E-state index is 12.8. The molecule has 0 saturated heterocycles. The second-order valence-corrected chi connectivity index (χ2v) is 7.23. The molecule has 2 aromatic rings. The van der Waals surface area contributed by atoms with E-state index in [0.717, 1.165) is 43.0 Å². The fraction of sp³-hybridized carbons (Fsp3) is 0.647. The number of nitrogens with zero attached hydrogens (tertiary/aromatic N) is 3. The third-order valence-corrected chi connectivity index (χ3v) is 4.90. The molecule has 4 rings (SSSR count). The fourth-order valence-electron chi connectivity index (χ4n) is 3.29. The molecule has 2 aliphatic rings. The number of hydrogen-bond donors (Lipinski definition) is 1. The molecule has 0 aromatic carbocycles. The Bertz CT molecular complexity index is 754. The van der Waals surface area contributed by atoms with Crippen molar-refractivity contribution in [3.8, 4) is 0 Å². The molecule has 1 N–H and O–H groups in total. The van der Waals surface area contributed by atoms with Crippen molar-refractivity contribution >= 4 is 5.65 Å². The third-order valence-electron chi connectivity index (χ3n) is 4.90. The van der Waals surface area contributed by atoms with Gasteiger partial charge in [0.2, 0.25) is 0 Å². The van der Waals surface area contributed by atoms with E-state index < -0.39 is 0 Å². The summed E-state index contributed by atoms with van der Waals surface area (Å²) in [7, 11) is 0. The molecule has 1 aliphatic carbocycles. The second-order valence-electron chi connectivity index (χ2n) is 7.23.